The zero-order chi connectivity index (χ0) is 10.4. The van der Waals surface area contributed by atoms with Gasteiger partial charge in [0.25, 0.3) is 0 Å². The number of rotatable bonds is 2. The monoisotopic (exact) mass is 191 g/mol. The molecule has 76 valence electrons. The minimum atomic E-state index is -0.213. The van der Waals surface area contributed by atoms with Crippen molar-refractivity contribution in [2.75, 3.05) is 0 Å². The van der Waals surface area contributed by atoms with Crippen molar-refractivity contribution >= 4 is 5.91 Å². The number of carbonyl (C=O) groups excluding carboxylic acids is 1. The number of hydrogen-bond acceptors (Lipinski definition) is 1. The number of hydrogen-bond donors (Lipinski definition) is 1. The molecule has 0 aliphatic heterocycles. The van der Waals surface area contributed by atoms with Crippen molar-refractivity contribution in [1.82, 2.24) is 0 Å². The SMILES string of the molecule is C=C1/C=C\C=C/CCC(CC(N)=O)C1. The largest absolute Gasteiger partial charge is 0.370 e. The smallest absolute Gasteiger partial charge is 0.217 e. The van der Waals surface area contributed by atoms with E-state index < -0.39 is 0 Å². The Kier molecular flexibility index (Phi) is 4.17. The fraction of sp³-hybridized carbons (Fsp3) is 0.417. The predicted octanol–water partition coefficient (Wildman–Crippen LogP) is 2.33. The molecule has 0 bridgehead atoms. The Morgan fingerprint density at radius 1 is 1.57 bits per heavy atom. The first kappa shape index (κ1) is 10.8. The molecule has 0 radical (unpaired) electrons. The third kappa shape index (κ3) is 4.08. The van der Waals surface area contributed by atoms with E-state index in [1.165, 1.54) is 0 Å². The van der Waals surface area contributed by atoms with Crippen molar-refractivity contribution in [3.8, 4) is 0 Å². The molecule has 0 saturated heterocycles. The standard InChI is InChI=1S/C12H17NO/c1-10-6-4-2-3-5-7-11(8-10)9-12(13)14/h2-4,6,11H,1,5,7-9H2,(H2,13,14)/b3-2-,6-4-. The molecule has 2 nitrogen and oxygen atoms in total. The molecule has 0 aromatic carbocycles. The van der Waals surface area contributed by atoms with Gasteiger partial charge in [-0.3, -0.25) is 4.79 Å². The van der Waals surface area contributed by atoms with Gasteiger partial charge in [-0.05, 0) is 25.2 Å². The zero-order valence-electron chi connectivity index (χ0n) is 8.41. The Balaban J connectivity index is 2.57. The molecule has 0 aromatic rings. The van der Waals surface area contributed by atoms with E-state index in [-0.39, 0.29) is 5.91 Å². The van der Waals surface area contributed by atoms with Gasteiger partial charge in [0.1, 0.15) is 0 Å². The van der Waals surface area contributed by atoms with Crippen LogP contribution in [0.3, 0.4) is 0 Å². The predicted molar refractivity (Wildman–Crippen MR) is 58.6 cm³/mol. The van der Waals surface area contributed by atoms with Crippen LogP contribution in [0.15, 0.2) is 36.5 Å². The van der Waals surface area contributed by atoms with Gasteiger partial charge in [-0.15, -0.1) is 0 Å². The summed E-state index contributed by atoms with van der Waals surface area (Å²) in [6, 6.07) is 0. The highest BCUT2D eigenvalue weighted by Crippen LogP contribution is 2.21. The van der Waals surface area contributed by atoms with Gasteiger partial charge in [0.05, 0.1) is 0 Å². The van der Waals surface area contributed by atoms with Gasteiger partial charge in [0.15, 0.2) is 0 Å². The molecule has 1 atom stereocenters. The zero-order valence-corrected chi connectivity index (χ0v) is 8.41. The van der Waals surface area contributed by atoms with Crippen LogP contribution in [0, 0.1) is 5.92 Å². The third-order valence-corrected chi connectivity index (χ3v) is 2.36. The van der Waals surface area contributed by atoms with Gasteiger partial charge in [-0.25, -0.2) is 0 Å². The van der Waals surface area contributed by atoms with E-state index in [0.29, 0.717) is 12.3 Å². The first-order valence-electron chi connectivity index (χ1n) is 4.98. The number of carbonyl (C=O) groups is 1. The molecule has 1 aliphatic carbocycles. The van der Waals surface area contributed by atoms with E-state index >= 15 is 0 Å². The van der Waals surface area contributed by atoms with Gasteiger partial charge in [0.2, 0.25) is 5.91 Å². The van der Waals surface area contributed by atoms with Crippen molar-refractivity contribution in [2.24, 2.45) is 11.7 Å². The molecule has 0 saturated carbocycles. The van der Waals surface area contributed by atoms with Crippen LogP contribution in [0.5, 0.6) is 0 Å². The lowest BCUT2D eigenvalue weighted by Crippen LogP contribution is -2.16. The average Bonchev–Trinajstić information content (AvgIpc) is 2.16. The highest BCUT2D eigenvalue weighted by atomic mass is 16.1. The quantitative estimate of drug-likeness (QED) is 0.715. The molecule has 0 heterocycles. The molecule has 1 amide bonds. The van der Waals surface area contributed by atoms with Gasteiger partial charge >= 0.3 is 0 Å². The number of allylic oxidation sites excluding steroid dienone is 5. The molecule has 2 heteroatoms. The Morgan fingerprint density at radius 2 is 2.36 bits per heavy atom. The highest BCUT2D eigenvalue weighted by Gasteiger charge is 2.12. The van der Waals surface area contributed by atoms with Crippen LogP contribution in [0.4, 0.5) is 0 Å². The fourth-order valence-corrected chi connectivity index (χ4v) is 1.70. The molecule has 0 spiro atoms. The van der Waals surface area contributed by atoms with Crippen LogP contribution in [0.1, 0.15) is 25.7 Å². The first-order chi connectivity index (χ1) is 6.68. The van der Waals surface area contributed by atoms with Crippen LogP contribution >= 0.6 is 0 Å². The Morgan fingerprint density at radius 3 is 3.07 bits per heavy atom. The number of amides is 1. The summed E-state index contributed by atoms with van der Waals surface area (Å²) >= 11 is 0. The summed E-state index contributed by atoms with van der Waals surface area (Å²) < 4.78 is 0. The lowest BCUT2D eigenvalue weighted by molar-refractivity contribution is -0.118. The van der Waals surface area contributed by atoms with Crippen molar-refractivity contribution in [3.63, 3.8) is 0 Å². The summed E-state index contributed by atoms with van der Waals surface area (Å²) in [5.74, 6) is 0.141. The molecule has 14 heavy (non-hydrogen) atoms. The first-order valence-corrected chi connectivity index (χ1v) is 4.98. The molecular weight excluding hydrogens is 174 g/mol. The van der Waals surface area contributed by atoms with Crippen LogP contribution in [0.25, 0.3) is 0 Å². The summed E-state index contributed by atoms with van der Waals surface area (Å²) in [5, 5.41) is 0. The third-order valence-electron chi connectivity index (χ3n) is 2.36. The Bertz CT molecular complexity index is 276. The lowest BCUT2D eigenvalue weighted by atomic mass is 9.92. The maximum absolute atomic E-state index is 10.8. The Labute approximate surface area is 85.2 Å². The summed E-state index contributed by atoms with van der Waals surface area (Å²) in [6.45, 7) is 3.94. The van der Waals surface area contributed by atoms with Crippen LogP contribution in [-0.2, 0) is 4.79 Å². The average molecular weight is 191 g/mol. The Hall–Kier alpha value is -1.31. The van der Waals surface area contributed by atoms with E-state index in [2.05, 4.69) is 12.7 Å². The normalized spacial score (nSPS) is 27.1. The second-order valence-electron chi connectivity index (χ2n) is 3.76. The molecular formula is C12H17NO. The van der Waals surface area contributed by atoms with Crippen molar-refractivity contribution in [2.45, 2.75) is 25.7 Å². The summed E-state index contributed by atoms with van der Waals surface area (Å²) in [6.07, 6.45) is 11.5. The maximum Gasteiger partial charge on any atom is 0.217 e. The molecule has 1 unspecified atom stereocenters. The van der Waals surface area contributed by atoms with E-state index in [0.717, 1.165) is 24.8 Å². The lowest BCUT2D eigenvalue weighted by Gasteiger charge is -2.13. The van der Waals surface area contributed by atoms with E-state index in [9.17, 15) is 4.79 Å². The van der Waals surface area contributed by atoms with Crippen LogP contribution < -0.4 is 5.73 Å². The van der Waals surface area contributed by atoms with Crippen LogP contribution in [0.2, 0.25) is 0 Å². The van der Waals surface area contributed by atoms with E-state index in [1.54, 1.807) is 0 Å². The second kappa shape index (κ2) is 5.43. The van der Waals surface area contributed by atoms with Gasteiger partial charge in [0, 0.05) is 6.42 Å². The summed E-state index contributed by atoms with van der Waals surface area (Å²) in [5.41, 5.74) is 6.27. The topological polar surface area (TPSA) is 43.1 Å². The van der Waals surface area contributed by atoms with Crippen molar-refractivity contribution in [1.29, 1.82) is 0 Å². The summed E-state index contributed by atoms with van der Waals surface area (Å²) in [4.78, 5) is 10.8. The van der Waals surface area contributed by atoms with E-state index in [4.69, 9.17) is 5.73 Å². The second-order valence-corrected chi connectivity index (χ2v) is 3.76. The van der Waals surface area contributed by atoms with Gasteiger partial charge in [-0.1, -0.05) is 36.5 Å². The summed E-state index contributed by atoms with van der Waals surface area (Å²) in [7, 11) is 0. The van der Waals surface area contributed by atoms with Gasteiger partial charge < -0.3 is 5.73 Å². The fourth-order valence-electron chi connectivity index (χ4n) is 1.70. The number of primary amides is 1. The van der Waals surface area contributed by atoms with E-state index in [1.807, 2.05) is 18.2 Å². The number of nitrogens with two attached hydrogens (primary N) is 1. The molecule has 0 aromatic heterocycles. The molecule has 1 aliphatic rings. The van der Waals surface area contributed by atoms with Gasteiger partial charge in [-0.2, -0.15) is 0 Å². The van der Waals surface area contributed by atoms with Crippen LogP contribution in [-0.4, -0.2) is 5.91 Å². The molecule has 2 N–H and O–H groups in total. The minimum Gasteiger partial charge on any atom is -0.370 e. The highest BCUT2D eigenvalue weighted by molar-refractivity contribution is 5.74. The minimum absolute atomic E-state index is 0.213. The molecule has 0 fully saturated rings. The maximum atomic E-state index is 10.8. The van der Waals surface area contributed by atoms with Crippen molar-refractivity contribution in [3.05, 3.63) is 36.5 Å². The molecule has 1 rings (SSSR count). The van der Waals surface area contributed by atoms with Crippen molar-refractivity contribution < 1.29 is 4.79 Å².